The van der Waals surface area contributed by atoms with Crippen LogP contribution in [0.4, 0.5) is 10.1 Å². The van der Waals surface area contributed by atoms with Gasteiger partial charge < -0.3 is 15.2 Å². The number of benzene rings is 1. The highest BCUT2D eigenvalue weighted by Crippen LogP contribution is 2.35. The summed E-state index contributed by atoms with van der Waals surface area (Å²) in [5.74, 6) is -0.850. The number of nitro groups is 1. The number of halogens is 1. The quantitative estimate of drug-likeness (QED) is 0.653. The molecule has 18 heavy (non-hydrogen) atoms. The van der Waals surface area contributed by atoms with Crippen molar-refractivity contribution in [1.82, 2.24) is 0 Å². The number of hydrogen-bond donors (Lipinski definition) is 1. The van der Waals surface area contributed by atoms with Gasteiger partial charge in [-0.25, -0.2) is 4.39 Å². The van der Waals surface area contributed by atoms with Crippen molar-refractivity contribution >= 4 is 5.69 Å². The molecule has 1 aromatic carbocycles. The topological polar surface area (TPSA) is 87.6 Å². The van der Waals surface area contributed by atoms with E-state index in [1.807, 2.05) is 0 Å². The van der Waals surface area contributed by atoms with E-state index in [1.54, 1.807) is 0 Å². The van der Waals surface area contributed by atoms with Crippen molar-refractivity contribution in [2.24, 2.45) is 5.73 Å². The fourth-order valence-corrected chi connectivity index (χ4v) is 1.80. The lowest BCUT2D eigenvalue weighted by Crippen LogP contribution is -2.43. The van der Waals surface area contributed by atoms with Crippen LogP contribution in [0.5, 0.6) is 11.5 Å². The summed E-state index contributed by atoms with van der Waals surface area (Å²) < 4.78 is 23.8. The molecular weight excluding hydrogens is 243 g/mol. The number of nitrogens with two attached hydrogens (primary N) is 1. The molecule has 1 aromatic rings. The average molecular weight is 256 g/mol. The normalized spacial score (nSPS) is 22.2. The van der Waals surface area contributed by atoms with E-state index < -0.39 is 16.4 Å². The van der Waals surface area contributed by atoms with Gasteiger partial charge in [-0.15, -0.1) is 0 Å². The Morgan fingerprint density at radius 2 is 2.11 bits per heavy atom. The maximum atomic E-state index is 13.6. The summed E-state index contributed by atoms with van der Waals surface area (Å²) >= 11 is 0. The molecule has 1 aliphatic rings. The van der Waals surface area contributed by atoms with Crippen LogP contribution < -0.4 is 15.2 Å². The molecule has 0 saturated heterocycles. The van der Waals surface area contributed by atoms with E-state index in [2.05, 4.69) is 0 Å². The van der Waals surface area contributed by atoms with Gasteiger partial charge in [0.2, 0.25) is 5.75 Å². The van der Waals surface area contributed by atoms with Gasteiger partial charge in [0, 0.05) is 12.1 Å². The van der Waals surface area contributed by atoms with Crippen molar-refractivity contribution < 1.29 is 18.8 Å². The fourth-order valence-electron chi connectivity index (χ4n) is 1.80. The van der Waals surface area contributed by atoms with Crippen molar-refractivity contribution in [2.75, 3.05) is 7.11 Å². The highest BCUT2D eigenvalue weighted by atomic mass is 19.1. The molecule has 6 nitrogen and oxygen atoms in total. The third kappa shape index (κ3) is 2.35. The van der Waals surface area contributed by atoms with E-state index >= 15 is 0 Å². The molecule has 0 bridgehead atoms. The van der Waals surface area contributed by atoms with Gasteiger partial charge in [-0.1, -0.05) is 0 Å². The molecule has 0 atom stereocenters. The number of rotatable bonds is 4. The zero-order chi connectivity index (χ0) is 13.3. The van der Waals surface area contributed by atoms with E-state index in [4.69, 9.17) is 15.2 Å². The Kier molecular flexibility index (Phi) is 3.33. The Hall–Kier alpha value is -1.89. The highest BCUT2D eigenvalue weighted by Gasteiger charge is 2.29. The van der Waals surface area contributed by atoms with Gasteiger partial charge in [0.15, 0.2) is 11.6 Å². The first kappa shape index (κ1) is 12.6. The van der Waals surface area contributed by atoms with Crippen LogP contribution in [-0.4, -0.2) is 24.2 Å². The molecule has 1 fully saturated rings. The molecule has 0 amide bonds. The second-order valence-electron chi connectivity index (χ2n) is 4.18. The first-order valence-corrected chi connectivity index (χ1v) is 5.45. The van der Waals surface area contributed by atoms with Gasteiger partial charge in [0.25, 0.3) is 0 Å². The zero-order valence-corrected chi connectivity index (χ0v) is 9.76. The van der Waals surface area contributed by atoms with Crippen molar-refractivity contribution in [3.05, 3.63) is 28.1 Å². The molecule has 0 spiro atoms. The number of nitro benzene ring substituents is 1. The maximum Gasteiger partial charge on any atom is 0.314 e. The molecule has 7 heteroatoms. The van der Waals surface area contributed by atoms with Crippen LogP contribution in [-0.2, 0) is 0 Å². The van der Waals surface area contributed by atoms with E-state index in [-0.39, 0.29) is 23.6 Å². The van der Waals surface area contributed by atoms with Gasteiger partial charge >= 0.3 is 5.69 Å². The van der Waals surface area contributed by atoms with E-state index in [0.29, 0.717) is 12.8 Å². The predicted molar refractivity (Wildman–Crippen MR) is 61.2 cm³/mol. The fraction of sp³-hybridized carbons (Fsp3) is 0.455. The van der Waals surface area contributed by atoms with E-state index in [0.717, 1.165) is 6.07 Å². The van der Waals surface area contributed by atoms with Crippen LogP contribution in [0, 0.1) is 15.9 Å². The van der Waals surface area contributed by atoms with E-state index in [1.165, 1.54) is 13.2 Å². The predicted octanol–water partition coefficient (Wildman–Crippen LogP) is 1.61. The largest absolute Gasteiger partial charge is 0.490 e. The molecule has 0 aliphatic heterocycles. The second-order valence-corrected chi connectivity index (χ2v) is 4.18. The Bertz CT molecular complexity index is 474. The van der Waals surface area contributed by atoms with Crippen molar-refractivity contribution in [2.45, 2.75) is 25.0 Å². The molecule has 0 unspecified atom stereocenters. The summed E-state index contributed by atoms with van der Waals surface area (Å²) in [6.45, 7) is 0. The lowest BCUT2D eigenvalue weighted by molar-refractivity contribution is -0.386. The molecule has 0 radical (unpaired) electrons. The van der Waals surface area contributed by atoms with Crippen molar-refractivity contribution in [3.63, 3.8) is 0 Å². The van der Waals surface area contributed by atoms with Crippen molar-refractivity contribution in [3.8, 4) is 11.5 Å². The minimum absolute atomic E-state index is 0.0278. The summed E-state index contributed by atoms with van der Waals surface area (Å²) in [5, 5.41) is 10.7. The van der Waals surface area contributed by atoms with Gasteiger partial charge in [0.05, 0.1) is 18.1 Å². The Labute approximate surface area is 103 Å². The summed E-state index contributed by atoms with van der Waals surface area (Å²) in [6, 6.07) is 2.07. The summed E-state index contributed by atoms with van der Waals surface area (Å²) in [5.41, 5.74) is 5.17. The maximum absolute atomic E-state index is 13.6. The van der Waals surface area contributed by atoms with Crippen LogP contribution in [0.1, 0.15) is 12.8 Å². The number of nitrogens with zero attached hydrogens (tertiary/aromatic N) is 1. The molecule has 1 aliphatic carbocycles. The van der Waals surface area contributed by atoms with Crippen LogP contribution in [0.25, 0.3) is 0 Å². The summed E-state index contributed by atoms with van der Waals surface area (Å²) in [4.78, 5) is 9.97. The molecule has 0 heterocycles. The van der Waals surface area contributed by atoms with E-state index in [9.17, 15) is 14.5 Å². The van der Waals surface area contributed by atoms with Gasteiger partial charge in [0.1, 0.15) is 6.10 Å². The van der Waals surface area contributed by atoms with Crippen LogP contribution >= 0.6 is 0 Å². The van der Waals surface area contributed by atoms with Crippen LogP contribution in [0.15, 0.2) is 12.1 Å². The second kappa shape index (κ2) is 4.77. The minimum Gasteiger partial charge on any atom is -0.490 e. The molecular formula is C11H13FN2O4. The zero-order valence-electron chi connectivity index (χ0n) is 9.76. The monoisotopic (exact) mass is 256 g/mol. The number of hydrogen-bond acceptors (Lipinski definition) is 5. The van der Waals surface area contributed by atoms with Crippen LogP contribution in [0.2, 0.25) is 0 Å². The Balaban J connectivity index is 2.23. The molecule has 2 N–H and O–H groups in total. The number of ether oxygens (including phenoxy) is 2. The minimum atomic E-state index is -0.775. The van der Waals surface area contributed by atoms with Crippen LogP contribution in [0.3, 0.4) is 0 Å². The standard InChI is InChI=1S/C11H13FN2O4/c1-17-11-5-10(18-7-2-6(13)3-7)8(12)4-9(11)14(15)16/h4-7H,2-3,13H2,1H3. The lowest BCUT2D eigenvalue weighted by Gasteiger charge is -2.32. The third-order valence-corrected chi connectivity index (χ3v) is 2.85. The first-order chi connectivity index (χ1) is 8.51. The smallest absolute Gasteiger partial charge is 0.314 e. The van der Waals surface area contributed by atoms with Gasteiger partial charge in [-0.2, -0.15) is 0 Å². The van der Waals surface area contributed by atoms with Gasteiger partial charge in [-0.05, 0) is 12.8 Å². The van der Waals surface area contributed by atoms with Crippen molar-refractivity contribution in [1.29, 1.82) is 0 Å². The van der Waals surface area contributed by atoms with Gasteiger partial charge in [-0.3, -0.25) is 10.1 Å². The molecule has 1 saturated carbocycles. The average Bonchev–Trinajstić information content (AvgIpc) is 2.28. The lowest BCUT2D eigenvalue weighted by atomic mass is 9.90. The Morgan fingerprint density at radius 1 is 1.44 bits per heavy atom. The third-order valence-electron chi connectivity index (χ3n) is 2.85. The molecule has 0 aromatic heterocycles. The highest BCUT2D eigenvalue weighted by molar-refractivity contribution is 5.51. The first-order valence-electron chi connectivity index (χ1n) is 5.45. The number of methoxy groups -OCH3 is 1. The summed E-state index contributed by atoms with van der Waals surface area (Å²) in [7, 11) is 1.28. The molecule has 98 valence electrons. The molecule has 2 rings (SSSR count). The Morgan fingerprint density at radius 3 is 2.61 bits per heavy atom. The summed E-state index contributed by atoms with van der Waals surface area (Å²) in [6.07, 6.45) is 1.16. The SMILES string of the molecule is COc1cc(OC2CC(N)C2)c(F)cc1[N+](=O)[O-].